The molecule has 0 atom stereocenters. The molecule has 0 aliphatic rings. The fourth-order valence-corrected chi connectivity index (χ4v) is 2.81. The van der Waals surface area contributed by atoms with Crippen LogP contribution in [-0.4, -0.2) is 24.4 Å². The molecule has 0 fully saturated rings. The number of halogens is 1. The van der Waals surface area contributed by atoms with Gasteiger partial charge >= 0.3 is 0 Å². The minimum atomic E-state index is -4.06. The van der Waals surface area contributed by atoms with E-state index in [2.05, 4.69) is 10.2 Å². The Kier molecular flexibility index (Phi) is 6.47. The Morgan fingerprint density at radius 2 is 1.52 bits per heavy atom. The number of benzene rings is 2. The summed E-state index contributed by atoms with van der Waals surface area (Å²) in [4.78, 5) is 0. The van der Waals surface area contributed by atoms with Gasteiger partial charge in [0.05, 0.1) is 0 Å². The van der Waals surface area contributed by atoms with Gasteiger partial charge in [0.25, 0.3) is 10.1 Å². The van der Waals surface area contributed by atoms with Gasteiger partial charge < -0.3 is 0 Å². The van der Waals surface area contributed by atoms with Gasteiger partial charge in [0.2, 0.25) is 0 Å². The van der Waals surface area contributed by atoms with Crippen LogP contribution in [0.1, 0.15) is 37.0 Å². The van der Waals surface area contributed by atoms with E-state index in [1.165, 1.54) is 0 Å². The zero-order valence-electron chi connectivity index (χ0n) is 14.0. The normalized spacial score (nSPS) is 13.1. The fraction of sp³-hybridized carbons (Fsp3) is 0.222. The van der Waals surface area contributed by atoms with Gasteiger partial charge in [0.15, 0.2) is 0 Å². The first-order valence-electron chi connectivity index (χ1n) is 7.70. The summed E-state index contributed by atoms with van der Waals surface area (Å²) in [5.41, 5.74) is 3.68. The Labute approximate surface area is 152 Å². The minimum Gasteiger partial charge on any atom is -0.285 e. The molecule has 0 heterocycles. The van der Waals surface area contributed by atoms with Gasteiger partial charge in [-0.05, 0) is 31.0 Å². The summed E-state index contributed by atoms with van der Waals surface area (Å²) in [7, 11) is -4.06. The molecule has 0 bridgehead atoms. The van der Waals surface area contributed by atoms with E-state index in [1.807, 2.05) is 26.0 Å². The topological polar surface area (TPSA) is 79.1 Å². The molecule has 2 rings (SSSR count). The third-order valence-electron chi connectivity index (χ3n) is 3.53. The third kappa shape index (κ3) is 6.08. The van der Waals surface area contributed by atoms with Crippen LogP contribution in [0.25, 0.3) is 0 Å². The van der Waals surface area contributed by atoms with Crippen molar-refractivity contribution in [1.29, 1.82) is 0 Å². The average Bonchev–Trinajstić information content (AvgIpc) is 2.56. The first kappa shape index (κ1) is 19.3. The van der Waals surface area contributed by atoms with Crippen molar-refractivity contribution in [2.45, 2.75) is 26.0 Å². The molecule has 7 heteroatoms. The zero-order valence-corrected chi connectivity index (χ0v) is 15.5. The van der Waals surface area contributed by atoms with Crippen LogP contribution in [0.15, 0.2) is 58.7 Å². The van der Waals surface area contributed by atoms with Crippen molar-refractivity contribution in [3.8, 4) is 0 Å². The fourth-order valence-electron chi connectivity index (χ4n) is 2.07. The molecule has 5 nitrogen and oxygen atoms in total. The molecule has 0 aliphatic carbocycles. The van der Waals surface area contributed by atoms with Crippen LogP contribution in [0.5, 0.6) is 0 Å². The van der Waals surface area contributed by atoms with Gasteiger partial charge in [-0.3, -0.25) is 4.55 Å². The van der Waals surface area contributed by atoms with Crippen molar-refractivity contribution < 1.29 is 13.0 Å². The summed E-state index contributed by atoms with van der Waals surface area (Å²) in [5.74, 6) is -0.423. The predicted molar refractivity (Wildman–Crippen MR) is 102 cm³/mol. The summed E-state index contributed by atoms with van der Waals surface area (Å²) < 4.78 is 30.9. The standard InChI is InChI=1S/C18H19ClN2O3S/c1-3-13(2)20-21-18(16-8-10-17(19)11-9-16)15-6-4-14(5-7-15)12-25(22,23)24/h4-11H,3,12H2,1-2H3,(H,22,23,24). The molecule has 1 N–H and O–H groups in total. The predicted octanol–water partition coefficient (Wildman–Crippen LogP) is 4.35. The van der Waals surface area contributed by atoms with E-state index >= 15 is 0 Å². The van der Waals surface area contributed by atoms with E-state index in [9.17, 15) is 8.42 Å². The molecule has 2 aromatic rings. The second-order valence-electron chi connectivity index (χ2n) is 5.57. The van der Waals surface area contributed by atoms with Gasteiger partial charge in [0, 0.05) is 21.9 Å². The molecule has 0 amide bonds. The summed E-state index contributed by atoms with van der Waals surface area (Å²) >= 11 is 5.95. The lowest BCUT2D eigenvalue weighted by atomic mass is 10.0. The maximum Gasteiger partial charge on any atom is 0.269 e. The smallest absolute Gasteiger partial charge is 0.269 e. The third-order valence-corrected chi connectivity index (χ3v) is 4.48. The van der Waals surface area contributed by atoms with Crippen LogP contribution < -0.4 is 0 Å². The lowest BCUT2D eigenvalue weighted by Crippen LogP contribution is -2.05. The van der Waals surface area contributed by atoms with E-state index in [1.54, 1.807) is 36.4 Å². The van der Waals surface area contributed by atoms with Crippen molar-refractivity contribution in [3.63, 3.8) is 0 Å². The van der Waals surface area contributed by atoms with Crippen molar-refractivity contribution >= 4 is 33.1 Å². The second kappa shape index (κ2) is 8.38. The SMILES string of the molecule is CCC(C)=NN=C(c1ccc(Cl)cc1)c1ccc(CS(=O)(=O)O)cc1. The lowest BCUT2D eigenvalue weighted by molar-refractivity contribution is 0.482. The van der Waals surface area contributed by atoms with Crippen LogP contribution in [-0.2, 0) is 15.9 Å². The molecule has 0 saturated heterocycles. The van der Waals surface area contributed by atoms with Gasteiger partial charge in [-0.15, -0.1) is 5.10 Å². The number of rotatable bonds is 6. The van der Waals surface area contributed by atoms with E-state index < -0.39 is 15.9 Å². The van der Waals surface area contributed by atoms with Crippen molar-refractivity contribution in [1.82, 2.24) is 0 Å². The highest BCUT2D eigenvalue weighted by molar-refractivity contribution is 7.85. The number of hydrogen-bond donors (Lipinski definition) is 1. The first-order valence-corrected chi connectivity index (χ1v) is 9.68. The highest BCUT2D eigenvalue weighted by atomic mass is 35.5. The van der Waals surface area contributed by atoms with E-state index in [0.717, 1.165) is 23.3 Å². The Hall–Kier alpha value is -2.02. The van der Waals surface area contributed by atoms with E-state index in [-0.39, 0.29) is 0 Å². The Morgan fingerprint density at radius 1 is 1.00 bits per heavy atom. The molecule has 0 spiro atoms. The molecule has 2 aromatic carbocycles. The van der Waals surface area contributed by atoms with Crippen molar-refractivity contribution in [2.75, 3.05) is 0 Å². The Balaban J connectivity index is 2.43. The molecule has 132 valence electrons. The molecule has 0 aromatic heterocycles. The molecule has 0 unspecified atom stereocenters. The van der Waals surface area contributed by atoms with Crippen LogP contribution >= 0.6 is 11.6 Å². The molecule has 25 heavy (non-hydrogen) atoms. The van der Waals surface area contributed by atoms with E-state index in [4.69, 9.17) is 16.2 Å². The molecule has 0 radical (unpaired) electrons. The largest absolute Gasteiger partial charge is 0.285 e. The van der Waals surface area contributed by atoms with Crippen molar-refractivity contribution in [2.24, 2.45) is 10.2 Å². The Morgan fingerprint density at radius 3 is 2.00 bits per heavy atom. The van der Waals surface area contributed by atoms with Crippen LogP contribution in [0.2, 0.25) is 5.02 Å². The van der Waals surface area contributed by atoms with Gasteiger partial charge in [-0.25, -0.2) is 0 Å². The van der Waals surface area contributed by atoms with Crippen LogP contribution in [0.4, 0.5) is 0 Å². The lowest BCUT2D eigenvalue weighted by Gasteiger charge is -2.07. The number of nitrogens with zero attached hydrogens (tertiary/aromatic N) is 2. The van der Waals surface area contributed by atoms with Gasteiger partial charge in [-0.2, -0.15) is 13.5 Å². The zero-order chi connectivity index (χ0) is 18.4. The summed E-state index contributed by atoms with van der Waals surface area (Å²) in [6.45, 7) is 3.90. The van der Waals surface area contributed by atoms with Gasteiger partial charge in [0.1, 0.15) is 11.5 Å². The summed E-state index contributed by atoms with van der Waals surface area (Å²) in [6, 6.07) is 14.0. The maximum absolute atomic E-state index is 11.0. The van der Waals surface area contributed by atoms with Gasteiger partial charge in [-0.1, -0.05) is 54.9 Å². The van der Waals surface area contributed by atoms with Crippen molar-refractivity contribution in [3.05, 3.63) is 70.2 Å². The quantitative estimate of drug-likeness (QED) is 0.461. The van der Waals surface area contributed by atoms with Crippen LogP contribution in [0, 0.1) is 0 Å². The molecule has 0 aliphatic heterocycles. The minimum absolute atomic E-state index is 0.423. The average molecular weight is 379 g/mol. The monoisotopic (exact) mass is 378 g/mol. The molecule has 0 saturated carbocycles. The molecular weight excluding hydrogens is 360 g/mol. The van der Waals surface area contributed by atoms with Crippen LogP contribution in [0.3, 0.4) is 0 Å². The summed E-state index contributed by atoms with van der Waals surface area (Å²) in [5, 5.41) is 9.22. The maximum atomic E-state index is 11.0. The van der Waals surface area contributed by atoms with E-state index in [0.29, 0.717) is 16.3 Å². The number of hydrogen-bond acceptors (Lipinski definition) is 4. The molecular formula is C18H19ClN2O3S. The second-order valence-corrected chi connectivity index (χ2v) is 7.46. The highest BCUT2D eigenvalue weighted by Crippen LogP contribution is 2.17. The first-order chi connectivity index (χ1) is 11.8. The summed E-state index contributed by atoms with van der Waals surface area (Å²) in [6.07, 6.45) is 0.796. The Bertz CT molecular complexity index is 887. The highest BCUT2D eigenvalue weighted by Gasteiger charge is 2.10.